The Hall–Kier alpha value is -3.46. The number of amides is 1. The minimum absolute atomic E-state index is 0.0196. The van der Waals surface area contributed by atoms with Crippen molar-refractivity contribution in [1.29, 1.82) is 0 Å². The molecule has 0 bridgehead atoms. The molecule has 3 rings (SSSR count). The molecule has 0 saturated heterocycles. The van der Waals surface area contributed by atoms with E-state index in [0.29, 0.717) is 11.4 Å². The van der Waals surface area contributed by atoms with Crippen molar-refractivity contribution in [2.75, 3.05) is 10.0 Å². The monoisotopic (exact) mass is 454 g/mol. The van der Waals surface area contributed by atoms with Crippen LogP contribution in [0.15, 0.2) is 71.9 Å². The van der Waals surface area contributed by atoms with Crippen LogP contribution in [-0.2, 0) is 20.2 Å². The molecule has 0 saturated carbocycles. The Morgan fingerprint density at radius 2 is 1.56 bits per heavy atom. The van der Waals surface area contributed by atoms with Crippen molar-refractivity contribution in [2.45, 2.75) is 44.1 Å². The van der Waals surface area contributed by atoms with Gasteiger partial charge >= 0.3 is 0 Å². The highest BCUT2D eigenvalue weighted by Crippen LogP contribution is 2.25. The van der Waals surface area contributed by atoms with Gasteiger partial charge in [-0.15, -0.1) is 0 Å². The average Bonchev–Trinajstić information content (AvgIpc) is 2.74. The van der Waals surface area contributed by atoms with Crippen LogP contribution < -0.4 is 14.8 Å². The van der Waals surface area contributed by atoms with Crippen LogP contribution in [0.3, 0.4) is 0 Å². The largest absolute Gasteiger partial charge is 0.481 e. The van der Waals surface area contributed by atoms with Gasteiger partial charge in [0.05, 0.1) is 4.90 Å². The first kappa shape index (κ1) is 23.2. The van der Waals surface area contributed by atoms with Gasteiger partial charge in [-0.25, -0.2) is 23.1 Å². The summed E-state index contributed by atoms with van der Waals surface area (Å²) >= 11 is 0. The zero-order valence-corrected chi connectivity index (χ0v) is 19.2. The quantitative estimate of drug-likeness (QED) is 0.559. The topological polar surface area (TPSA) is 110 Å². The number of aromatic nitrogens is 2. The van der Waals surface area contributed by atoms with E-state index >= 15 is 0 Å². The SMILES string of the molecule is C[C@@H](Oc1ccc(C(C)(C)C)cc1)C(=O)Nc1ccc(S(=O)(=O)Nc2ncccn2)cc1. The van der Waals surface area contributed by atoms with E-state index in [1.54, 1.807) is 13.0 Å². The van der Waals surface area contributed by atoms with E-state index in [2.05, 4.69) is 40.8 Å². The second-order valence-corrected chi connectivity index (χ2v) is 9.91. The van der Waals surface area contributed by atoms with Crippen LogP contribution in [0.1, 0.15) is 33.3 Å². The van der Waals surface area contributed by atoms with Crippen LogP contribution in [0.4, 0.5) is 11.6 Å². The first-order valence-corrected chi connectivity index (χ1v) is 11.5. The average molecular weight is 455 g/mol. The molecule has 2 aromatic carbocycles. The lowest BCUT2D eigenvalue weighted by Gasteiger charge is -2.20. The number of hydrogen-bond acceptors (Lipinski definition) is 6. The van der Waals surface area contributed by atoms with Gasteiger partial charge in [-0.1, -0.05) is 32.9 Å². The molecule has 0 radical (unpaired) electrons. The lowest BCUT2D eigenvalue weighted by Crippen LogP contribution is -2.30. The number of carbonyl (C=O) groups excluding carboxylic acids is 1. The number of anilines is 2. The Morgan fingerprint density at radius 1 is 0.969 bits per heavy atom. The van der Waals surface area contributed by atoms with Crippen LogP contribution in [0, 0.1) is 0 Å². The summed E-state index contributed by atoms with van der Waals surface area (Å²) in [5, 5.41) is 2.72. The zero-order chi connectivity index (χ0) is 23.4. The van der Waals surface area contributed by atoms with E-state index in [0.717, 1.165) is 0 Å². The Labute approximate surface area is 188 Å². The molecule has 1 atom stereocenters. The minimum atomic E-state index is -3.84. The molecule has 1 amide bonds. The Morgan fingerprint density at radius 3 is 2.12 bits per heavy atom. The van der Waals surface area contributed by atoms with Gasteiger partial charge in [-0.05, 0) is 60.4 Å². The fraction of sp³-hybridized carbons (Fsp3) is 0.261. The summed E-state index contributed by atoms with van der Waals surface area (Å²) in [6.07, 6.45) is 2.13. The van der Waals surface area contributed by atoms with Crippen molar-refractivity contribution in [1.82, 2.24) is 9.97 Å². The maximum Gasteiger partial charge on any atom is 0.265 e. The van der Waals surface area contributed by atoms with Crippen LogP contribution in [0.25, 0.3) is 0 Å². The first-order chi connectivity index (χ1) is 15.0. The molecule has 0 fully saturated rings. The molecule has 9 heteroatoms. The maximum absolute atomic E-state index is 12.5. The molecule has 8 nitrogen and oxygen atoms in total. The number of hydrogen-bond donors (Lipinski definition) is 2. The molecule has 2 N–H and O–H groups in total. The van der Waals surface area contributed by atoms with Gasteiger partial charge in [0.15, 0.2) is 6.10 Å². The van der Waals surface area contributed by atoms with E-state index in [1.165, 1.54) is 42.2 Å². The standard InChI is InChI=1S/C23H26N4O4S/c1-16(31-19-10-6-17(7-11-19)23(2,3)4)21(28)26-18-8-12-20(13-9-18)32(29,30)27-22-24-14-5-15-25-22/h5-16H,1-4H3,(H,26,28)(H,24,25,27)/t16-/m1/s1. The second kappa shape index (κ2) is 9.35. The van der Waals surface area contributed by atoms with Crippen LogP contribution in [0.5, 0.6) is 5.75 Å². The summed E-state index contributed by atoms with van der Waals surface area (Å²) in [4.78, 5) is 20.2. The van der Waals surface area contributed by atoms with Crippen molar-refractivity contribution in [3.8, 4) is 5.75 Å². The van der Waals surface area contributed by atoms with E-state index in [1.807, 2.05) is 24.3 Å². The number of carbonyl (C=O) groups is 1. The van der Waals surface area contributed by atoms with Crippen LogP contribution in [-0.4, -0.2) is 30.4 Å². The molecule has 0 aliphatic carbocycles. The highest BCUT2D eigenvalue weighted by atomic mass is 32.2. The molecule has 1 heterocycles. The fourth-order valence-electron chi connectivity index (χ4n) is 2.78. The number of benzene rings is 2. The summed E-state index contributed by atoms with van der Waals surface area (Å²) in [6.45, 7) is 8.03. The number of nitrogens with zero attached hydrogens (tertiary/aromatic N) is 2. The molecule has 3 aromatic rings. The van der Waals surface area contributed by atoms with Crippen molar-refractivity contribution >= 4 is 27.6 Å². The third-order valence-corrected chi connectivity index (χ3v) is 5.97. The smallest absolute Gasteiger partial charge is 0.265 e. The lowest BCUT2D eigenvalue weighted by molar-refractivity contribution is -0.122. The van der Waals surface area contributed by atoms with E-state index in [-0.39, 0.29) is 22.2 Å². The maximum atomic E-state index is 12.5. The predicted octanol–water partition coefficient (Wildman–Crippen LogP) is 3.98. The molecule has 0 aliphatic heterocycles. The minimum Gasteiger partial charge on any atom is -0.481 e. The highest BCUT2D eigenvalue weighted by Gasteiger charge is 2.18. The molecule has 1 aromatic heterocycles. The van der Waals surface area contributed by atoms with Crippen molar-refractivity contribution < 1.29 is 17.9 Å². The predicted molar refractivity (Wildman–Crippen MR) is 123 cm³/mol. The van der Waals surface area contributed by atoms with Gasteiger partial charge in [0.25, 0.3) is 15.9 Å². The lowest BCUT2D eigenvalue weighted by atomic mass is 9.87. The summed E-state index contributed by atoms with van der Waals surface area (Å²) in [5.41, 5.74) is 1.65. The number of sulfonamides is 1. The second-order valence-electron chi connectivity index (χ2n) is 8.23. The molecule has 0 unspecified atom stereocenters. The molecule has 168 valence electrons. The summed E-state index contributed by atoms with van der Waals surface area (Å²) in [6, 6.07) is 15.0. The van der Waals surface area contributed by atoms with Gasteiger partial charge in [0.1, 0.15) is 5.75 Å². The van der Waals surface area contributed by atoms with Gasteiger partial charge in [-0.2, -0.15) is 0 Å². The molecule has 0 spiro atoms. The Balaban J connectivity index is 1.60. The number of rotatable bonds is 7. The number of nitrogens with one attached hydrogen (secondary N) is 2. The fourth-order valence-corrected chi connectivity index (χ4v) is 3.74. The van der Waals surface area contributed by atoms with E-state index in [4.69, 9.17) is 4.74 Å². The first-order valence-electron chi connectivity index (χ1n) is 10.0. The van der Waals surface area contributed by atoms with Gasteiger partial charge in [-0.3, -0.25) is 4.79 Å². The summed E-state index contributed by atoms with van der Waals surface area (Å²) < 4.78 is 32.9. The van der Waals surface area contributed by atoms with Crippen LogP contribution in [0.2, 0.25) is 0 Å². The molecule has 0 aliphatic rings. The third kappa shape index (κ3) is 6.04. The van der Waals surface area contributed by atoms with Crippen LogP contribution >= 0.6 is 0 Å². The third-order valence-electron chi connectivity index (χ3n) is 4.63. The zero-order valence-electron chi connectivity index (χ0n) is 18.4. The van der Waals surface area contributed by atoms with Gasteiger partial charge < -0.3 is 10.1 Å². The molecule has 32 heavy (non-hydrogen) atoms. The van der Waals surface area contributed by atoms with E-state index < -0.39 is 16.1 Å². The van der Waals surface area contributed by atoms with Crippen molar-refractivity contribution in [3.05, 3.63) is 72.6 Å². The normalized spacial score (nSPS) is 12.6. The van der Waals surface area contributed by atoms with E-state index in [9.17, 15) is 13.2 Å². The van der Waals surface area contributed by atoms with Gasteiger partial charge in [0.2, 0.25) is 5.95 Å². The van der Waals surface area contributed by atoms with Crippen molar-refractivity contribution in [3.63, 3.8) is 0 Å². The summed E-state index contributed by atoms with van der Waals surface area (Å²) in [5.74, 6) is 0.221. The Kier molecular flexibility index (Phi) is 6.78. The highest BCUT2D eigenvalue weighted by molar-refractivity contribution is 7.92. The Bertz CT molecular complexity index is 1160. The summed E-state index contributed by atoms with van der Waals surface area (Å²) in [7, 11) is -3.84. The van der Waals surface area contributed by atoms with Crippen molar-refractivity contribution in [2.24, 2.45) is 0 Å². The number of ether oxygens (including phenoxy) is 1. The molecular weight excluding hydrogens is 428 g/mol. The van der Waals surface area contributed by atoms with Gasteiger partial charge in [0, 0.05) is 18.1 Å². The molecular formula is C23H26N4O4S.